The summed E-state index contributed by atoms with van der Waals surface area (Å²) in [6.07, 6.45) is 0. The molecule has 0 aliphatic heterocycles. The Bertz CT molecular complexity index is 390. The topological polar surface area (TPSA) is 72.1 Å². The maximum atomic E-state index is 11.6. The zero-order valence-electron chi connectivity index (χ0n) is 9.96. The molecule has 1 unspecified atom stereocenters. The maximum absolute atomic E-state index is 11.6. The number of carbonyl (C=O) groups excluding carboxylic acids is 2. The molecular weight excluding hydrogens is 208 g/mol. The SMILES string of the molecule is CCOC(=O)C(C(C)=O)c1nc(C)c(C)[nH]1. The number of ether oxygens (including phenoxy) is 1. The van der Waals surface area contributed by atoms with E-state index in [1.165, 1.54) is 6.92 Å². The van der Waals surface area contributed by atoms with Gasteiger partial charge in [0, 0.05) is 5.69 Å². The van der Waals surface area contributed by atoms with Crippen LogP contribution in [0.15, 0.2) is 0 Å². The number of hydrogen-bond donors (Lipinski definition) is 1. The lowest BCUT2D eigenvalue weighted by Crippen LogP contribution is -2.23. The molecule has 0 fully saturated rings. The van der Waals surface area contributed by atoms with Gasteiger partial charge in [-0.25, -0.2) is 4.98 Å². The number of aromatic nitrogens is 2. The van der Waals surface area contributed by atoms with Crippen LogP contribution < -0.4 is 0 Å². The quantitative estimate of drug-likeness (QED) is 0.617. The number of ketones is 1. The maximum Gasteiger partial charge on any atom is 0.324 e. The van der Waals surface area contributed by atoms with Gasteiger partial charge in [0.25, 0.3) is 0 Å². The summed E-state index contributed by atoms with van der Waals surface area (Å²) in [4.78, 5) is 30.1. The van der Waals surface area contributed by atoms with E-state index in [4.69, 9.17) is 4.74 Å². The lowest BCUT2D eigenvalue weighted by Gasteiger charge is -2.09. The van der Waals surface area contributed by atoms with Crippen molar-refractivity contribution in [2.75, 3.05) is 6.61 Å². The van der Waals surface area contributed by atoms with Crippen LogP contribution in [0.4, 0.5) is 0 Å². The van der Waals surface area contributed by atoms with Crippen LogP contribution in [0.5, 0.6) is 0 Å². The molecule has 16 heavy (non-hydrogen) atoms. The lowest BCUT2D eigenvalue weighted by atomic mass is 10.1. The fourth-order valence-corrected chi connectivity index (χ4v) is 1.41. The molecule has 88 valence electrons. The van der Waals surface area contributed by atoms with Gasteiger partial charge in [-0.1, -0.05) is 0 Å². The van der Waals surface area contributed by atoms with Gasteiger partial charge in [-0.2, -0.15) is 0 Å². The highest BCUT2D eigenvalue weighted by Gasteiger charge is 2.29. The second-order valence-corrected chi connectivity index (χ2v) is 3.63. The summed E-state index contributed by atoms with van der Waals surface area (Å²) in [7, 11) is 0. The van der Waals surface area contributed by atoms with E-state index in [1.807, 2.05) is 13.8 Å². The number of rotatable bonds is 4. The molecule has 1 aromatic rings. The van der Waals surface area contributed by atoms with Crippen molar-refractivity contribution in [1.82, 2.24) is 9.97 Å². The van der Waals surface area contributed by atoms with Crippen molar-refractivity contribution >= 4 is 11.8 Å². The van der Waals surface area contributed by atoms with Gasteiger partial charge >= 0.3 is 5.97 Å². The summed E-state index contributed by atoms with van der Waals surface area (Å²) < 4.78 is 4.85. The molecule has 1 rings (SSSR count). The second-order valence-electron chi connectivity index (χ2n) is 3.63. The van der Waals surface area contributed by atoms with E-state index in [0.29, 0.717) is 5.82 Å². The molecule has 0 saturated heterocycles. The summed E-state index contributed by atoms with van der Waals surface area (Å²) in [5.41, 5.74) is 1.64. The van der Waals surface area contributed by atoms with E-state index in [2.05, 4.69) is 9.97 Å². The smallest absolute Gasteiger partial charge is 0.324 e. The number of nitrogens with zero attached hydrogens (tertiary/aromatic N) is 1. The van der Waals surface area contributed by atoms with Crippen molar-refractivity contribution < 1.29 is 14.3 Å². The predicted octanol–water partition coefficient (Wildman–Crippen LogP) is 1.26. The van der Waals surface area contributed by atoms with E-state index in [1.54, 1.807) is 6.92 Å². The molecule has 0 radical (unpaired) electrons. The van der Waals surface area contributed by atoms with Crippen LogP contribution in [0.3, 0.4) is 0 Å². The van der Waals surface area contributed by atoms with E-state index in [9.17, 15) is 9.59 Å². The van der Waals surface area contributed by atoms with Gasteiger partial charge in [0.15, 0.2) is 11.7 Å². The average molecular weight is 224 g/mol. The van der Waals surface area contributed by atoms with Crippen molar-refractivity contribution in [3.05, 3.63) is 17.2 Å². The Morgan fingerprint density at radius 1 is 1.44 bits per heavy atom. The van der Waals surface area contributed by atoms with Crippen LogP contribution in [-0.2, 0) is 14.3 Å². The Balaban J connectivity index is 3.03. The van der Waals surface area contributed by atoms with Gasteiger partial charge in [-0.15, -0.1) is 0 Å². The third kappa shape index (κ3) is 2.48. The number of H-pyrrole nitrogens is 1. The number of aryl methyl sites for hydroxylation is 2. The minimum Gasteiger partial charge on any atom is -0.465 e. The molecule has 5 heteroatoms. The van der Waals surface area contributed by atoms with E-state index < -0.39 is 11.9 Å². The number of imidazole rings is 1. The van der Waals surface area contributed by atoms with Gasteiger partial charge in [0.1, 0.15) is 5.82 Å². The molecule has 0 amide bonds. The van der Waals surface area contributed by atoms with Crippen LogP contribution in [0.1, 0.15) is 37.0 Å². The first-order valence-electron chi connectivity index (χ1n) is 5.17. The third-order valence-electron chi connectivity index (χ3n) is 2.35. The number of Topliss-reactive ketones (excluding diaryl/α,β-unsaturated/α-hetero) is 1. The van der Waals surface area contributed by atoms with Crippen LogP contribution in [-0.4, -0.2) is 28.3 Å². The average Bonchev–Trinajstić information content (AvgIpc) is 2.46. The van der Waals surface area contributed by atoms with Crippen molar-refractivity contribution in [2.24, 2.45) is 0 Å². The first kappa shape index (κ1) is 12.4. The van der Waals surface area contributed by atoms with Crippen molar-refractivity contribution in [3.63, 3.8) is 0 Å². The van der Waals surface area contributed by atoms with Gasteiger partial charge in [0.05, 0.1) is 12.3 Å². The summed E-state index contributed by atoms with van der Waals surface area (Å²) in [5, 5.41) is 0. The van der Waals surface area contributed by atoms with Crippen LogP contribution in [0.2, 0.25) is 0 Å². The Hall–Kier alpha value is -1.65. The molecule has 0 bridgehead atoms. The Kier molecular flexibility index (Phi) is 3.82. The highest BCUT2D eigenvalue weighted by atomic mass is 16.5. The summed E-state index contributed by atoms with van der Waals surface area (Å²) >= 11 is 0. The Morgan fingerprint density at radius 2 is 2.06 bits per heavy atom. The highest BCUT2D eigenvalue weighted by Crippen LogP contribution is 2.17. The molecule has 5 nitrogen and oxygen atoms in total. The largest absolute Gasteiger partial charge is 0.465 e. The molecule has 1 atom stereocenters. The highest BCUT2D eigenvalue weighted by molar-refractivity contribution is 6.02. The molecule has 1 N–H and O–H groups in total. The number of nitrogens with one attached hydrogen (secondary N) is 1. The molecule has 0 aromatic carbocycles. The summed E-state index contributed by atoms with van der Waals surface area (Å²) in [5.74, 6) is -1.40. The fraction of sp³-hybridized carbons (Fsp3) is 0.545. The first-order chi connectivity index (χ1) is 7.47. The Labute approximate surface area is 94.2 Å². The van der Waals surface area contributed by atoms with E-state index in [-0.39, 0.29) is 12.4 Å². The summed E-state index contributed by atoms with van der Waals surface area (Å²) in [6.45, 7) is 6.97. The third-order valence-corrected chi connectivity index (χ3v) is 2.35. The van der Waals surface area contributed by atoms with Crippen LogP contribution in [0, 0.1) is 13.8 Å². The number of aromatic amines is 1. The second kappa shape index (κ2) is 4.92. The zero-order valence-corrected chi connectivity index (χ0v) is 9.96. The number of carbonyl (C=O) groups is 2. The van der Waals surface area contributed by atoms with E-state index >= 15 is 0 Å². The van der Waals surface area contributed by atoms with Gasteiger partial charge < -0.3 is 9.72 Å². The minimum atomic E-state index is -0.938. The van der Waals surface area contributed by atoms with Crippen molar-refractivity contribution in [2.45, 2.75) is 33.6 Å². The van der Waals surface area contributed by atoms with E-state index in [0.717, 1.165) is 11.4 Å². The molecule has 0 aliphatic carbocycles. The minimum absolute atomic E-state index is 0.251. The van der Waals surface area contributed by atoms with Crippen molar-refractivity contribution in [1.29, 1.82) is 0 Å². The lowest BCUT2D eigenvalue weighted by molar-refractivity contribution is -0.147. The fourth-order valence-electron chi connectivity index (χ4n) is 1.41. The normalized spacial score (nSPS) is 12.2. The zero-order chi connectivity index (χ0) is 12.3. The van der Waals surface area contributed by atoms with Crippen molar-refractivity contribution in [3.8, 4) is 0 Å². The number of hydrogen-bond acceptors (Lipinski definition) is 4. The molecule has 0 aliphatic rings. The molecular formula is C11H16N2O3. The predicted molar refractivity (Wildman–Crippen MR) is 58.1 cm³/mol. The molecule has 1 aromatic heterocycles. The van der Waals surface area contributed by atoms with Gasteiger partial charge in [-0.3, -0.25) is 9.59 Å². The molecule has 0 saturated carbocycles. The van der Waals surface area contributed by atoms with Crippen LogP contribution >= 0.6 is 0 Å². The molecule has 1 heterocycles. The van der Waals surface area contributed by atoms with Crippen LogP contribution in [0.25, 0.3) is 0 Å². The standard InChI is InChI=1S/C11H16N2O3/c1-5-16-11(15)9(8(4)14)10-12-6(2)7(3)13-10/h9H,5H2,1-4H3,(H,12,13). The number of esters is 1. The summed E-state index contributed by atoms with van der Waals surface area (Å²) in [6, 6.07) is 0. The molecule has 0 spiro atoms. The Morgan fingerprint density at radius 3 is 2.44 bits per heavy atom. The van der Waals surface area contributed by atoms with Gasteiger partial charge in [0.2, 0.25) is 0 Å². The first-order valence-corrected chi connectivity index (χ1v) is 5.17. The monoisotopic (exact) mass is 224 g/mol. The van der Waals surface area contributed by atoms with Gasteiger partial charge in [-0.05, 0) is 27.7 Å².